The first-order valence-electron chi connectivity index (χ1n) is 14.0. The van der Waals surface area contributed by atoms with E-state index in [4.69, 9.17) is 10.5 Å². The van der Waals surface area contributed by atoms with Crippen LogP contribution < -0.4 is 16.4 Å². The predicted octanol–water partition coefficient (Wildman–Crippen LogP) is 4.68. The van der Waals surface area contributed by atoms with Crippen LogP contribution in [0.1, 0.15) is 103 Å². The van der Waals surface area contributed by atoms with Gasteiger partial charge < -0.3 is 26.0 Å². The molecule has 9 nitrogen and oxygen atoms in total. The lowest BCUT2D eigenvalue weighted by atomic mass is 9.93. The molecule has 0 aliphatic rings. The molecule has 39 heavy (non-hydrogen) atoms. The molecule has 0 saturated carbocycles. The number of benzene rings is 1. The number of nitrogens with zero attached hydrogens (tertiary/aromatic N) is 1. The molecule has 0 saturated heterocycles. The van der Waals surface area contributed by atoms with E-state index in [9.17, 15) is 19.2 Å². The molecule has 0 aromatic heterocycles. The zero-order valence-corrected chi connectivity index (χ0v) is 25.3. The van der Waals surface area contributed by atoms with E-state index in [2.05, 4.69) is 24.5 Å². The number of carbonyl (C=O) groups excluding carboxylic acids is 4. The van der Waals surface area contributed by atoms with Gasteiger partial charge in [-0.3, -0.25) is 14.4 Å². The molecule has 0 spiro atoms. The Labute approximate surface area is 234 Å². The quantitative estimate of drug-likeness (QED) is 0.292. The average Bonchev–Trinajstić information content (AvgIpc) is 2.80. The van der Waals surface area contributed by atoms with Crippen molar-refractivity contribution in [2.75, 3.05) is 6.54 Å². The van der Waals surface area contributed by atoms with Crippen LogP contribution in [0.25, 0.3) is 0 Å². The van der Waals surface area contributed by atoms with Gasteiger partial charge in [0, 0.05) is 12.6 Å². The molecule has 1 rings (SSSR count). The highest BCUT2D eigenvalue weighted by atomic mass is 16.6. The molecule has 0 fully saturated rings. The van der Waals surface area contributed by atoms with Crippen LogP contribution in [0.2, 0.25) is 0 Å². The highest BCUT2D eigenvalue weighted by Crippen LogP contribution is 2.30. The average molecular weight is 547 g/mol. The summed E-state index contributed by atoms with van der Waals surface area (Å²) in [6, 6.07) is 3.16. The van der Waals surface area contributed by atoms with Crippen LogP contribution in [-0.2, 0) is 19.1 Å². The fourth-order valence-electron chi connectivity index (χ4n) is 4.30. The van der Waals surface area contributed by atoms with Crippen molar-refractivity contribution in [3.8, 4) is 0 Å². The Morgan fingerprint density at radius 1 is 1.05 bits per heavy atom. The lowest BCUT2D eigenvalue weighted by molar-refractivity contribution is -0.146. The van der Waals surface area contributed by atoms with E-state index in [0.29, 0.717) is 24.4 Å². The van der Waals surface area contributed by atoms with Crippen molar-refractivity contribution in [2.45, 2.75) is 118 Å². The number of primary amides is 1. The number of unbranched alkanes of at least 4 members (excludes halogenated alkanes) is 1. The van der Waals surface area contributed by atoms with Crippen LogP contribution in [0.4, 0.5) is 4.79 Å². The van der Waals surface area contributed by atoms with Gasteiger partial charge in [0.2, 0.25) is 17.7 Å². The number of aryl methyl sites for hydroxylation is 2. The van der Waals surface area contributed by atoms with Gasteiger partial charge in [-0.2, -0.15) is 0 Å². The van der Waals surface area contributed by atoms with Crippen molar-refractivity contribution in [1.82, 2.24) is 15.5 Å². The molecular formula is C30H50N4O5. The zero-order valence-electron chi connectivity index (χ0n) is 25.3. The Morgan fingerprint density at radius 3 is 2.23 bits per heavy atom. The predicted molar refractivity (Wildman–Crippen MR) is 154 cm³/mol. The number of alkyl carbamates (subject to hydrolysis) is 1. The Morgan fingerprint density at radius 2 is 1.69 bits per heavy atom. The highest BCUT2D eigenvalue weighted by Gasteiger charge is 2.40. The van der Waals surface area contributed by atoms with Crippen molar-refractivity contribution in [3.05, 3.63) is 34.9 Å². The summed E-state index contributed by atoms with van der Waals surface area (Å²) < 4.78 is 5.36. The Balaban J connectivity index is 3.68. The number of nitrogens with two attached hydrogens (primary N) is 1. The summed E-state index contributed by atoms with van der Waals surface area (Å²) in [5.41, 5.74) is 7.19. The van der Waals surface area contributed by atoms with Crippen molar-refractivity contribution < 1.29 is 23.9 Å². The molecule has 0 bridgehead atoms. The number of ether oxygens (including phenoxy) is 1. The van der Waals surface area contributed by atoms with Gasteiger partial charge in [0.05, 0.1) is 6.42 Å². The molecule has 0 heterocycles. The molecule has 0 radical (unpaired) electrons. The van der Waals surface area contributed by atoms with E-state index in [-0.39, 0.29) is 11.9 Å². The third kappa shape index (κ3) is 11.7. The second-order valence-corrected chi connectivity index (χ2v) is 11.8. The molecule has 220 valence electrons. The molecular weight excluding hydrogens is 496 g/mol. The van der Waals surface area contributed by atoms with Gasteiger partial charge in [-0.15, -0.1) is 0 Å². The standard InChI is InChI=1S/C30H50N4O5/c1-10-11-16-32-27(36)26(23-17-20(4)13-14-21(23)5)34(22(6)15-12-19(2)3)28(37)24(18-25(31)35)33-29(38)39-30(7,8)9/h13-14,17,19,22,24,26H,10-12,15-16,18H2,1-9H3,(H2,31,35)(H,32,36)(H,33,38). The van der Waals surface area contributed by atoms with E-state index >= 15 is 0 Å². The SMILES string of the molecule is CCCCNC(=O)C(c1cc(C)ccc1C)N(C(=O)C(CC(N)=O)NC(=O)OC(C)(C)C)C(C)CCC(C)C. The number of hydrogen-bond acceptors (Lipinski definition) is 5. The summed E-state index contributed by atoms with van der Waals surface area (Å²) in [7, 11) is 0. The molecule has 0 aliphatic carbocycles. The number of hydrogen-bond donors (Lipinski definition) is 3. The zero-order chi connectivity index (χ0) is 29.9. The highest BCUT2D eigenvalue weighted by molar-refractivity contribution is 5.94. The molecule has 3 unspecified atom stereocenters. The second-order valence-electron chi connectivity index (χ2n) is 11.8. The van der Waals surface area contributed by atoms with Gasteiger partial charge >= 0.3 is 6.09 Å². The Kier molecular flexibility index (Phi) is 13.5. The van der Waals surface area contributed by atoms with Gasteiger partial charge in [-0.25, -0.2) is 4.79 Å². The van der Waals surface area contributed by atoms with Crippen molar-refractivity contribution in [2.24, 2.45) is 11.7 Å². The number of nitrogens with one attached hydrogen (secondary N) is 2. The van der Waals surface area contributed by atoms with Gasteiger partial charge in [0.1, 0.15) is 17.7 Å². The lowest BCUT2D eigenvalue weighted by Gasteiger charge is -2.39. The fourth-order valence-corrected chi connectivity index (χ4v) is 4.30. The first-order chi connectivity index (χ1) is 18.1. The maximum Gasteiger partial charge on any atom is 0.408 e. The first-order valence-corrected chi connectivity index (χ1v) is 14.0. The van der Waals surface area contributed by atoms with Crippen LogP contribution in [0.15, 0.2) is 18.2 Å². The summed E-state index contributed by atoms with van der Waals surface area (Å²) in [6.07, 6.45) is 1.88. The number of amides is 4. The van der Waals surface area contributed by atoms with Crippen molar-refractivity contribution >= 4 is 23.8 Å². The van der Waals surface area contributed by atoms with E-state index in [1.54, 1.807) is 20.8 Å². The molecule has 9 heteroatoms. The summed E-state index contributed by atoms with van der Waals surface area (Å²) in [4.78, 5) is 54.3. The van der Waals surface area contributed by atoms with Gasteiger partial charge in [-0.05, 0) is 77.8 Å². The second kappa shape index (κ2) is 15.5. The largest absolute Gasteiger partial charge is 0.444 e. The van der Waals surface area contributed by atoms with Crippen molar-refractivity contribution in [3.63, 3.8) is 0 Å². The Hall–Kier alpha value is -3.10. The molecule has 4 amide bonds. The number of rotatable bonds is 14. The van der Waals surface area contributed by atoms with Gasteiger partial charge in [0.15, 0.2) is 0 Å². The summed E-state index contributed by atoms with van der Waals surface area (Å²) in [5, 5.41) is 5.54. The monoisotopic (exact) mass is 546 g/mol. The van der Waals surface area contributed by atoms with Crippen LogP contribution in [0.5, 0.6) is 0 Å². The minimum atomic E-state index is -1.30. The maximum atomic E-state index is 14.3. The summed E-state index contributed by atoms with van der Waals surface area (Å²) in [5.74, 6) is -1.25. The van der Waals surface area contributed by atoms with E-state index in [1.165, 1.54) is 4.90 Å². The molecule has 0 aliphatic heterocycles. The van der Waals surface area contributed by atoms with Crippen LogP contribution in [-0.4, -0.2) is 52.9 Å². The van der Waals surface area contributed by atoms with Gasteiger partial charge in [0.25, 0.3) is 0 Å². The van der Waals surface area contributed by atoms with Crippen molar-refractivity contribution in [1.29, 1.82) is 0 Å². The lowest BCUT2D eigenvalue weighted by Crippen LogP contribution is -2.56. The van der Waals surface area contributed by atoms with Crippen LogP contribution >= 0.6 is 0 Å². The topological polar surface area (TPSA) is 131 Å². The molecule has 1 aromatic rings. The van der Waals surface area contributed by atoms with Crippen LogP contribution in [0, 0.1) is 19.8 Å². The molecule has 3 atom stereocenters. The van der Waals surface area contributed by atoms with Crippen LogP contribution in [0.3, 0.4) is 0 Å². The summed E-state index contributed by atoms with van der Waals surface area (Å²) in [6.45, 7) is 17.5. The number of carbonyl (C=O) groups is 4. The van der Waals surface area contributed by atoms with E-state index in [1.807, 2.05) is 45.9 Å². The minimum absolute atomic E-state index is 0.308. The third-order valence-corrected chi connectivity index (χ3v) is 6.37. The Bertz CT molecular complexity index is 986. The normalized spacial score (nSPS) is 13.8. The van der Waals surface area contributed by atoms with E-state index < -0.39 is 42.0 Å². The minimum Gasteiger partial charge on any atom is -0.444 e. The molecule has 4 N–H and O–H groups in total. The first kappa shape index (κ1) is 33.9. The van der Waals surface area contributed by atoms with Gasteiger partial charge in [-0.1, -0.05) is 51.0 Å². The molecule has 1 aromatic carbocycles. The fraction of sp³-hybridized carbons (Fsp3) is 0.667. The van der Waals surface area contributed by atoms with E-state index in [0.717, 1.165) is 30.4 Å². The smallest absolute Gasteiger partial charge is 0.408 e. The third-order valence-electron chi connectivity index (χ3n) is 6.37. The summed E-state index contributed by atoms with van der Waals surface area (Å²) >= 11 is 0. The maximum absolute atomic E-state index is 14.3.